The minimum atomic E-state index is -0.709. The molecule has 0 unspecified atom stereocenters. The molecular weight excluding hydrogens is 304 g/mol. The Morgan fingerprint density at radius 1 is 1.29 bits per heavy atom. The summed E-state index contributed by atoms with van der Waals surface area (Å²) < 4.78 is 0. The van der Waals surface area contributed by atoms with E-state index in [9.17, 15) is 9.90 Å². The van der Waals surface area contributed by atoms with Crippen LogP contribution in [0.25, 0.3) is 0 Å². The minimum Gasteiger partial charge on any atom is -0.480 e. The maximum atomic E-state index is 11.2. The van der Waals surface area contributed by atoms with E-state index in [-0.39, 0.29) is 6.04 Å². The normalized spacial score (nSPS) is 24.7. The Kier molecular flexibility index (Phi) is 5.68. The molecule has 2 aliphatic rings. The van der Waals surface area contributed by atoms with Crippen LogP contribution in [0.5, 0.6) is 0 Å². The summed E-state index contributed by atoms with van der Waals surface area (Å²) in [7, 11) is 0. The Morgan fingerprint density at radius 3 is 2.75 bits per heavy atom. The minimum absolute atomic E-state index is 0.367. The number of hydrogen-bond acceptors (Lipinski definition) is 5. The molecule has 6 heteroatoms. The smallest absolute Gasteiger partial charge is 0.320 e. The van der Waals surface area contributed by atoms with Gasteiger partial charge in [-0.25, -0.2) is 4.98 Å². The van der Waals surface area contributed by atoms with Crippen LogP contribution in [0.4, 0.5) is 5.82 Å². The molecule has 24 heavy (non-hydrogen) atoms. The van der Waals surface area contributed by atoms with Crippen molar-refractivity contribution in [3.05, 3.63) is 24.4 Å². The van der Waals surface area contributed by atoms with Gasteiger partial charge in [-0.2, -0.15) is 0 Å². The van der Waals surface area contributed by atoms with Gasteiger partial charge in [0.2, 0.25) is 0 Å². The third-order valence-electron chi connectivity index (χ3n) is 5.32. The number of nitrogens with zero attached hydrogens (tertiary/aromatic N) is 4. The second-order valence-electron chi connectivity index (χ2n) is 6.99. The topological polar surface area (TPSA) is 59.9 Å². The van der Waals surface area contributed by atoms with Gasteiger partial charge >= 0.3 is 5.97 Å². The molecule has 0 aliphatic carbocycles. The Hall–Kier alpha value is -1.66. The zero-order chi connectivity index (χ0) is 16.9. The van der Waals surface area contributed by atoms with Crippen molar-refractivity contribution in [1.29, 1.82) is 0 Å². The van der Waals surface area contributed by atoms with Gasteiger partial charge in [-0.15, -0.1) is 0 Å². The van der Waals surface area contributed by atoms with Gasteiger partial charge < -0.3 is 10.0 Å². The summed E-state index contributed by atoms with van der Waals surface area (Å²) in [5, 5.41) is 9.22. The number of aliphatic carboxylic acids is 1. The van der Waals surface area contributed by atoms with Gasteiger partial charge in [-0.1, -0.05) is 6.07 Å². The predicted molar refractivity (Wildman–Crippen MR) is 94.3 cm³/mol. The van der Waals surface area contributed by atoms with Crippen molar-refractivity contribution in [1.82, 2.24) is 14.8 Å². The van der Waals surface area contributed by atoms with Crippen molar-refractivity contribution in [2.24, 2.45) is 5.92 Å². The molecule has 0 aromatic carbocycles. The number of piperidine rings is 1. The lowest BCUT2D eigenvalue weighted by Crippen LogP contribution is -2.51. The lowest BCUT2D eigenvalue weighted by atomic mass is 9.96. The van der Waals surface area contributed by atoms with Gasteiger partial charge in [0.15, 0.2) is 0 Å². The molecule has 0 amide bonds. The summed E-state index contributed by atoms with van der Waals surface area (Å²) in [6.07, 6.45) is 4.17. The van der Waals surface area contributed by atoms with Gasteiger partial charge in [0.25, 0.3) is 0 Å². The van der Waals surface area contributed by atoms with Gasteiger partial charge in [-0.3, -0.25) is 14.6 Å². The first-order chi connectivity index (χ1) is 11.6. The van der Waals surface area contributed by atoms with E-state index < -0.39 is 5.97 Å². The van der Waals surface area contributed by atoms with Crippen molar-refractivity contribution in [3.8, 4) is 0 Å². The second-order valence-corrected chi connectivity index (χ2v) is 6.99. The van der Waals surface area contributed by atoms with E-state index in [1.165, 1.54) is 6.42 Å². The molecule has 3 rings (SSSR count). The van der Waals surface area contributed by atoms with Crippen LogP contribution in [0.3, 0.4) is 0 Å². The molecule has 3 heterocycles. The average Bonchev–Trinajstić information content (AvgIpc) is 2.62. The molecule has 2 fully saturated rings. The fourth-order valence-electron chi connectivity index (χ4n) is 3.82. The zero-order valence-corrected chi connectivity index (χ0v) is 14.5. The number of piperazine rings is 1. The molecule has 1 aromatic rings. The first-order valence-corrected chi connectivity index (χ1v) is 8.98. The molecule has 6 nitrogen and oxygen atoms in total. The van der Waals surface area contributed by atoms with Gasteiger partial charge in [-0.05, 0) is 44.4 Å². The molecule has 0 radical (unpaired) electrons. The standard InChI is InChI=1S/C18H28N4O2/c1-15(18(23)24)22-8-4-5-16(14-22)13-20-9-11-21(12-10-20)17-6-2-3-7-19-17/h2-3,6-7,15-16H,4-5,8-14H2,1H3,(H,23,24)/t15-,16-/m0/s1. The van der Waals surface area contributed by atoms with Crippen LogP contribution in [0, 0.1) is 5.92 Å². The van der Waals surface area contributed by atoms with Gasteiger partial charge in [0.1, 0.15) is 11.9 Å². The number of hydrogen-bond donors (Lipinski definition) is 1. The number of aromatic nitrogens is 1. The van der Waals surface area contributed by atoms with Crippen molar-refractivity contribution in [3.63, 3.8) is 0 Å². The lowest BCUT2D eigenvalue weighted by molar-refractivity contribution is -0.143. The maximum absolute atomic E-state index is 11.2. The molecule has 0 saturated carbocycles. The zero-order valence-electron chi connectivity index (χ0n) is 14.5. The largest absolute Gasteiger partial charge is 0.480 e. The number of pyridine rings is 1. The number of carboxylic acid groups (broad SMARTS) is 1. The van der Waals surface area contributed by atoms with Crippen LogP contribution in [0.2, 0.25) is 0 Å². The quantitative estimate of drug-likeness (QED) is 0.879. The average molecular weight is 332 g/mol. The van der Waals surface area contributed by atoms with Gasteiger partial charge in [0, 0.05) is 45.5 Å². The summed E-state index contributed by atoms with van der Waals surface area (Å²) in [4.78, 5) is 22.6. The highest BCUT2D eigenvalue weighted by Gasteiger charge is 2.29. The molecule has 0 bridgehead atoms. The van der Waals surface area contributed by atoms with Crippen molar-refractivity contribution < 1.29 is 9.90 Å². The van der Waals surface area contributed by atoms with Crippen molar-refractivity contribution >= 4 is 11.8 Å². The van der Waals surface area contributed by atoms with Crippen LogP contribution in [0.1, 0.15) is 19.8 Å². The summed E-state index contributed by atoms with van der Waals surface area (Å²) in [6, 6.07) is 5.69. The summed E-state index contributed by atoms with van der Waals surface area (Å²) in [5.74, 6) is 0.942. The molecule has 0 spiro atoms. The predicted octanol–water partition coefficient (Wildman–Crippen LogP) is 1.39. The number of rotatable bonds is 5. The number of anilines is 1. The van der Waals surface area contributed by atoms with E-state index in [1.54, 1.807) is 6.92 Å². The molecule has 132 valence electrons. The summed E-state index contributed by atoms with van der Waals surface area (Å²) in [5.41, 5.74) is 0. The third-order valence-corrected chi connectivity index (χ3v) is 5.32. The Labute approximate surface area is 144 Å². The second kappa shape index (κ2) is 7.94. The number of carbonyl (C=O) groups is 1. The summed E-state index contributed by atoms with van der Waals surface area (Å²) in [6.45, 7) is 8.85. The fraction of sp³-hybridized carbons (Fsp3) is 0.667. The van der Waals surface area contributed by atoms with E-state index in [4.69, 9.17) is 0 Å². The van der Waals surface area contributed by atoms with E-state index in [0.717, 1.165) is 58.1 Å². The van der Waals surface area contributed by atoms with E-state index in [0.29, 0.717) is 5.92 Å². The van der Waals surface area contributed by atoms with Crippen LogP contribution >= 0.6 is 0 Å². The monoisotopic (exact) mass is 332 g/mol. The van der Waals surface area contributed by atoms with Crippen molar-refractivity contribution in [2.45, 2.75) is 25.8 Å². The van der Waals surface area contributed by atoms with Crippen molar-refractivity contribution in [2.75, 3.05) is 50.7 Å². The number of carboxylic acids is 1. The van der Waals surface area contributed by atoms with Crippen LogP contribution in [-0.2, 0) is 4.79 Å². The third kappa shape index (κ3) is 4.24. The maximum Gasteiger partial charge on any atom is 0.320 e. The molecule has 2 aliphatic heterocycles. The highest BCUT2D eigenvalue weighted by atomic mass is 16.4. The first kappa shape index (κ1) is 17.2. The van der Waals surface area contributed by atoms with Gasteiger partial charge in [0.05, 0.1) is 0 Å². The Bertz CT molecular complexity index is 531. The Morgan fingerprint density at radius 2 is 2.08 bits per heavy atom. The molecule has 1 aromatic heterocycles. The first-order valence-electron chi connectivity index (χ1n) is 8.98. The van der Waals surface area contributed by atoms with Crippen LogP contribution < -0.4 is 4.90 Å². The van der Waals surface area contributed by atoms with E-state index in [2.05, 4.69) is 25.8 Å². The highest BCUT2D eigenvalue weighted by Crippen LogP contribution is 2.21. The lowest BCUT2D eigenvalue weighted by Gasteiger charge is -2.40. The molecule has 2 atom stereocenters. The van der Waals surface area contributed by atoms with E-state index >= 15 is 0 Å². The van der Waals surface area contributed by atoms with Crippen LogP contribution in [-0.4, -0.2) is 77.7 Å². The fourth-order valence-corrected chi connectivity index (χ4v) is 3.82. The summed E-state index contributed by atoms with van der Waals surface area (Å²) >= 11 is 0. The molecular formula is C18H28N4O2. The SMILES string of the molecule is C[C@@H](C(=O)O)N1CCC[C@@H](CN2CCN(c3ccccn3)CC2)C1. The molecule has 1 N–H and O–H groups in total. The molecule has 2 saturated heterocycles. The number of likely N-dealkylation sites (tertiary alicyclic amines) is 1. The van der Waals surface area contributed by atoms with E-state index in [1.807, 2.05) is 18.3 Å². The van der Waals surface area contributed by atoms with Crippen LogP contribution in [0.15, 0.2) is 24.4 Å². The highest BCUT2D eigenvalue weighted by molar-refractivity contribution is 5.72. The Balaban J connectivity index is 1.46.